The Kier molecular flexibility index (Phi) is 39.8. The first-order chi connectivity index (χ1) is 61.0. The second-order valence-electron chi connectivity index (χ2n) is 37.7. The van der Waals surface area contributed by atoms with Crippen molar-refractivity contribution in [3.8, 4) is 17.5 Å². The first-order valence-corrected chi connectivity index (χ1v) is 83.7. The van der Waals surface area contributed by atoms with Crippen molar-refractivity contribution in [3.05, 3.63) is 200 Å². The quantitative estimate of drug-likeness (QED) is 0.0374. The number of rotatable bonds is 17. The Morgan fingerprint density at radius 3 is 1.23 bits per heavy atom. The Morgan fingerprint density at radius 1 is 0.492 bits per heavy atom. The molecule has 0 radical (unpaired) electrons. The summed E-state index contributed by atoms with van der Waals surface area (Å²) in [7, 11) is -4.45. The number of carboxylic acid groups (broad SMARTS) is 1. The molecule has 2 fully saturated rings. The molecule has 0 aromatic carbocycles. The van der Waals surface area contributed by atoms with Crippen LogP contribution in [0.25, 0.3) is 17.5 Å². The molecule has 0 saturated carbocycles. The fourth-order valence-corrected chi connectivity index (χ4v) is 26.3. The number of pyridine rings is 4. The number of carbonyl (C=O) groups is 4. The van der Waals surface area contributed by atoms with Crippen molar-refractivity contribution in [2.45, 2.75) is 214 Å². The van der Waals surface area contributed by atoms with E-state index >= 15 is 0 Å². The van der Waals surface area contributed by atoms with Gasteiger partial charge in [0.25, 0.3) is 0 Å². The van der Waals surface area contributed by atoms with Crippen LogP contribution in [0.1, 0.15) is 145 Å². The van der Waals surface area contributed by atoms with Crippen molar-refractivity contribution >= 4 is 191 Å². The minimum atomic E-state index is -4.09. The van der Waals surface area contributed by atoms with Gasteiger partial charge in [0, 0.05) is 39.3 Å². The molecule has 14 rings (SSSR count). The third-order valence-electron chi connectivity index (χ3n) is 18.7. The van der Waals surface area contributed by atoms with Gasteiger partial charge in [0.05, 0.1) is 11.3 Å². The summed E-state index contributed by atoms with van der Waals surface area (Å²) < 4.78 is 88.2. The molecule has 47 heteroatoms. The summed E-state index contributed by atoms with van der Waals surface area (Å²) in [6, 6.07) is 24.5. The second kappa shape index (κ2) is 47.2. The van der Waals surface area contributed by atoms with Crippen LogP contribution in [0, 0.1) is 13.8 Å². The van der Waals surface area contributed by atoms with Crippen molar-refractivity contribution in [2.24, 2.45) is 19.2 Å². The number of aryl methyl sites for hydroxylation is 4. The Hall–Kier alpha value is -7.90. The predicted octanol–water partition coefficient (Wildman–Crippen LogP) is 14.6. The molecule has 2 aliphatic heterocycles. The number of ether oxygens (including phenoxy) is 4. The van der Waals surface area contributed by atoms with Gasteiger partial charge >= 0.3 is 573 Å². The van der Waals surface area contributed by atoms with Crippen LogP contribution in [0.3, 0.4) is 0 Å². The van der Waals surface area contributed by atoms with Crippen LogP contribution >= 0.6 is 58.0 Å². The molecule has 35 nitrogen and oxygen atoms in total. The summed E-state index contributed by atoms with van der Waals surface area (Å²) in [5.74, 6) is 33.1. The number of aromatic nitrogens is 20. The molecule has 2 atom stereocenters. The number of aromatic carboxylic acids is 1. The van der Waals surface area contributed by atoms with Gasteiger partial charge in [0.1, 0.15) is 27.0 Å². The summed E-state index contributed by atoms with van der Waals surface area (Å²) in [4.78, 5) is 63.4. The zero-order valence-electron chi connectivity index (χ0n) is 79.2. The van der Waals surface area contributed by atoms with E-state index in [0.29, 0.717) is 23.1 Å². The van der Waals surface area contributed by atoms with Crippen LogP contribution in [0.5, 0.6) is 0 Å². The van der Waals surface area contributed by atoms with Crippen molar-refractivity contribution < 1.29 is 60.1 Å². The normalized spacial score (nSPS) is 14.3. The van der Waals surface area contributed by atoms with Gasteiger partial charge in [-0.2, -0.15) is 15.3 Å². The Labute approximate surface area is 810 Å². The third kappa shape index (κ3) is 34.4. The SMILES string of the molecule is CC(C)(C)OC(=O)c1ccc(-n2cc[c]([Ge]([CH3])([CH3])[CH3])n2)nc1Cl.CC(C)(C)OC(=O)c1ccc(Cl)nc1Cl.Cc1nn(C)cc1S(=O)(=O)NC(=O)c1ccc(-n2cc[c]([Ge]([CH3])([CH3])[CH3])n2)nc1Cl.Cc1nn(C)cc1S(N)(=O)=O.[CH3][Ge]([CH3])([CH3])[c]1ccn(-c2ccc(C(=O)O)c(Cl)n2)n1.[CH3][Ge]([CH3])([CH3])[c]1ccn[nH]1.[CH3][Ge]([CH3])([CH3])[c]1ccnn1C1CCCCO1.c1cnn(C2CCCCO2)c1. The number of carbonyl (C=O) groups excluding carboxylic acids is 3. The third-order valence-corrected chi connectivity index (χ3v) is 41.9. The first kappa shape index (κ1) is 111. The van der Waals surface area contributed by atoms with Crippen LogP contribution in [-0.4, -0.2) is 235 Å². The molecule has 12 aromatic rings. The molecule has 0 aliphatic carbocycles. The molecule has 1 amide bonds. The van der Waals surface area contributed by atoms with Gasteiger partial charge < -0.3 is 9.47 Å². The Bertz CT molecular complexity index is 6110. The van der Waals surface area contributed by atoms with Crippen molar-refractivity contribution in [1.82, 2.24) is 103 Å². The van der Waals surface area contributed by atoms with Crippen molar-refractivity contribution in [3.63, 3.8) is 0 Å². The van der Waals surface area contributed by atoms with Crippen LogP contribution in [-0.2, 0) is 53.1 Å². The van der Waals surface area contributed by atoms with E-state index < -0.39 is 121 Å². The minimum Gasteiger partial charge on any atom is -0.357 e. The van der Waals surface area contributed by atoms with E-state index in [-0.39, 0.29) is 76.0 Å². The molecular formula is C85H121Cl5Ge5N22O13S2. The summed E-state index contributed by atoms with van der Waals surface area (Å²) >= 11 is 20.2. The van der Waals surface area contributed by atoms with Gasteiger partial charge in [0.15, 0.2) is 0 Å². The largest absolute Gasteiger partial charge is 0.357 e. The maximum Gasteiger partial charge on any atom is 0.150 e. The summed E-state index contributed by atoms with van der Waals surface area (Å²) in [6.45, 7) is 15.7. The van der Waals surface area contributed by atoms with Gasteiger partial charge in [-0.1, -0.05) is 23.2 Å². The summed E-state index contributed by atoms with van der Waals surface area (Å²) in [6.07, 6.45) is 23.2. The topological polar surface area (TPSA) is 437 Å². The molecule has 132 heavy (non-hydrogen) atoms. The smallest absolute Gasteiger partial charge is 0.150 e. The molecule has 0 spiro atoms. The number of nitrogens with one attached hydrogen (secondary N) is 2. The maximum absolute atomic E-state index is 12.5. The van der Waals surface area contributed by atoms with E-state index in [2.05, 4.69) is 169 Å². The number of hydrogen-bond acceptors (Lipinski definition) is 24. The maximum atomic E-state index is 12.5. The van der Waals surface area contributed by atoms with Crippen LogP contribution in [0.2, 0.25) is 112 Å². The minimum absolute atomic E-state index is 0.00808. The number of nitrogens with zero attached hydrogens (tertiary/aromatic N) is 19. The number of carboxylic acids is 1. The molecule has 2 unspecified atom stereocenters. The molecule has 14 heterocycles. The molecule has 716 valence electrons. The second-order valence-corrected chi connectivity index (χ2v) is 95.4. The number of halogens is 5. The number of esters is 2. The van der Waals surface area contributed by atoms with Gasteiger partial charge in [-0.3, -0.25) is 9.36 Å². The first-order valence-electron chi connectivity index (χ1n) is 42.1. The van der Waals surface area contributed by atoms with E-state index in [4.69, 9.17) is 87.2 Å². The number of sulfonamides is 2. The number of H-pyrrole nitrogens is 1. The molecule has 2 saturated heterocycles. The zero-order chi connectivity index (χ0) is 98.8. The van der Waals surface area contributed by atoms with Gasteiger partial charge in [-0.25, -0.2) is 28.0 Å². The van der Waals surface area contributed by atoms with Gasteiger partial charge in [-0.15, -0.1) is 0 Å². The fourth-order valence-electron chi connectivity index (χ4n) is 12.0. The van der Waals surface area contributed by atoms with E-state index in [1.54, 1.807) is 99.4 Å². The Balaban J connectivity index is 0.000000212. The standard InChI is InChI=1S/C17H21ClGeN6O3S.C16H22ClGeN3O2.C12H14ClGeN3O2.C11H20GeN2O.C10H11Cl2NO2.C8H12N2O.C6H12GeN2.C5H9N3O2S/c1-11-13(10-24(5)21-11)29(27,28)23-17(26)12-6-7-15(20-16(12)18)25-9-8-14(22-25)19(2,3)4;1-16(2,3)23-15(22)11-7-8-13(19-14(11)17)21-10-9-12(20-21)18(4,5)6;1-14(2,3)9-6-7-17(16-9)10-5-4-8(12(18)19)11(13)15-10;1-12(2,3)10-7-8-13-14(10)11-6-4-5-9-15-11;1-10(2,3)15-9(14)6-4-5-7(11)13-8(6)12;1-2-7-11-8(4-1)10-6-3-5-9-10;1-7(2,3)6-4-5-8-9-6;1-4-5(11(6,9)10)3-8(2)7-4/h6-10H,1-5H3,(H,23,26);7-10H,1-6H3;4-7H,1-3H3,(H,18,19);7-8,11H,4-6,9H2,1-3H3;4-5H,1-3H3;3,5-6,8H,1-2,4,7H2;4-5H,1-3H3,(H,8,9);3H,1-2H3,(H2,6,9,10). The number of primary sulfonamides is 1. The van der Waals surface area contributed by atoms with Crippen molar-refractivity contribution in [2.75, 3.05) is 13.2 Å². The van der Waals surface area contributed by atoms with Crippen LogP contribution in [0.4, 0.5) is 0 Å². The fraction of sp³-hybridized carbons (Fsp3) is 0.435. The number of hydrogen-bond donors (Lipinski definition) is 4. The van der Waals surface area contributed by atoms with Gasteiger partial charge in [0.2, 0.25) is 10.0 Å². The van der Waals surface area contributed by atoms with Crippen LogP contribution in [0.15, 0.2) is 150 Å². The van der Waals surface area contributed by atoms with Crippen LogP contribution < -0.4 is 32.5 Å². The molecule has 12 aromatic heterocycles. The average molecular weight is 2260 g/mol. The molecule has 2 aliphatic rings. The number of amides is 1. The van der Waals surface area contributed by atoms with Gasteiger partial charge in [-0.05, 0) is 72.1 Å². The van der Waals surface area contributed by atoms with E-state index in [1.807, 2.05) is 85.4 Å². The summed E-state index contributed by atoms with van der Waals surface area (Å²) in [5, 5.41) is 51.0. The number of nitrogens with two attached hydrogens (primary N) is 1. The van der Waals surface area contributed by atoms with E-state index in [9.17, 15) is 36.0 Å². The number of aromatic amines is 1. The molecule has 5 N–H and O–H groups in total. The molecular weight excluding hydrogens is 2140 g/mol. The monoisotopic (exact) mass is 2270 g/mol. The van der Waals surface area contributed by atoms with Crippen molar-refractivity contribution in [1.29, 1.82) is 0 Å². The molecule has 0 bridgehead atoms. The Morgan fingerprint density at radius 2 is 0.909 bits per heavy atom. The average Bonchev–Trinajstić information content (AvgIpc) is 1.62. The predicted molar refractivity (Wildman–Crippen MR) is 528 cm³/mol. The van der Waals surface area contributed by atoms with E-state index in [1.165, 1.54) is 80.8 Å². The zero-order valence-corrected chi connectivity index (χ0v) is 95.1. The summed E-state index contributed by atoms with van der Waals surface area (Å²) in [5.41, 5.74) is -0.00929. The van der Waals surface area contributed by atoms with E-state index in [0.717, 1.165) is 39.6 Å².